The molecule has 3 heteroatoms. The molecule has 0 saturated carbocycles. The van der Waals surface area contributed by atoms with E-state index in [0.29, 0.717) is 0 Å². The van der Waals surface area contributed by atoms with Crippen LogP contribution in [-0.2, 0) is 0 Å². The first-order chi connectivity index (χ1) is 5.61. The van der Waals surface area contributed by atoms with Crippen molar-refractivity contribution in [3.63, 3.8) is 0 Å². The van der Waals surface area contributed by atoms with Crippen molar-refractivity contribution < 1.29 is 4.79 Å². The number of rotatable bonds is 1. The predicted octanol–water partition coefficient (Wildman–Crippen LogP) is 0.182. The maximum absolute atomic E-state index is 11.4. The molecule has 0 N–H and O–H groups in total. The third-order valence-electron chi connectivity index (χ3n) is 1.67. The molecule has 12 heavy (non-hydrogen) atoms. The van der Waals surface area contributed by atoms with Gasteiger partial charge in [0.15, 0.2) is 0 Å². The third-order valence-corrected chi connectivity index (χ3v) is 2.29. The first-order valence-electron chi connectivity index (χ1n) is 3.89. The minimum absolute atomic E-state index is 0.0766. The summed E-state index contributed by atoms with van der Waals surface area (Å²) in [6, 6.07) is 7.77. The molecule has 0 fully saturated rings. The molecule has 58 valence electrons. The van der Waals surface area contributed by atoms with Crippen molar-refractivity contribution in [3.8, 4) is 0 Å². The second-order valence-corrected chi connectivity index (χ2v) is 4.22. The van der Waals surface area contributed by atoms with Crippen LogP contribution in [0.2, 0.25) is 0 Å². The van der Waals surface area contributed by atoms with Crippen molar-refractivity contribution in [2.24, 2.45) is 0 Å². The van der Waals surface area contributed by atoms with Crippen LogP contribution >= 0.6 is 0 Å². The maximum atomic E-state index is 11.4. The Labute approximate surface area is 90.0 Å². The second kappa shape index (κ2) is 4.08. The average Bonchev–Trinajstić information content (AvgIpc) is 2.03. The second-order valence-electron chi connectivity index (χ2n) is 3.07. The van der Waals surface area contributed by atoms with Crippen LogP contribution in [0.3, 0.4) is 0 Å². The SMILES string of the molecule is CN(C)C(=O)c1ccc[c]([Na])c1. The Balaban J connectivity index is 2.96. The van der Waals surface area contributed by atoms with Crippen LogP contribution < -0.4 is 2.81 Å². The fourth-order valence-corrected chi connectivity index (χ4v) is 1.54. The van der Waals surface area contributed by atoms with Gasteiger partial charge < -0.3 is 0 Å². The summed E-state index contributed by atoms with van der Waals surface area (Å²) in [4.78, 5) is 13.0. The Hall–Kier alpha value is -0.310. The van der Waals surface area contributed by atoms with E-state index in [-0.39, 0.29) is 5.91 Å². The monoisotopic (exact) mass is 171 g/mol. The summed E-state index contributed by atoms with van der Waals surface area (Å²) in [6.45, 7) is 0. The van der Waals surface area contributed by atoms with Crippen LogP contribution in [0.15, 0.2) is 24.3 Å². The molecule has 0 aliphatic carbocycles. The Kier molecular flexibility index (Phi) is 3.32. The van der Waals surface area contributed by atoms with E-state index in [2.05, 4.69) is 0 Å². The first-order valence-corrected chi connectivity index (χ1v) is 4.89. The summed E-state index contributed by atoms with van der Waals surface area (Å²) in [5.74, 6) is 0.0766. The fraction of sp³-hybridized carbons (Fsp3) is 0.222. The van der Waals surface area contributed by atoms with Gasteiger partial charge in [0.2, 0.25) is 0 Å². The molecule has 0 aromatic heterocycles. The molecule has 1 aromatic carbocycles. The summed E-state index contributed by atoms with van der Waals surface area (Å²) in [5.41, 5.74) is 0.785. The van der Waals surface area contributed by atoms with Gasteiger partial charge in [-0.3, -0.25) is 0 Å². The van der Waals surface area contributed by atoms with E-state index in [1.54, 1.807) is 19.0 Å². The first kappa shape index (κ1) is 9.78. The van der Waals surface area contributed by atoms with Crippen LogP contribution in [0.25, 0.3) is 0 Å². The van der Waals surface area contributed by atoms with E-state index in [1.165, 1.54) is 2.81 Å². The molecular weight excluding hydrogens is 161 g/mol. The molecule has 2 nitrogen and oxygen atoms in total. The molecule has 1 amide bonds. The van der Waals surface area contributed by atoms with Crippen LogP contribution in [0, 0.1) is 0 Å². The zero-order chi connectivity index (χ0) is 9.14. The van der Waals surface area contributed by atoms with Crippen LogP contribution in [-0.4, -0.2) is 52.8 Å². The average molecular weight is 171 g/mol. The summed E-state index contributed by atoms with van der Waals surface area (Å²) in [5, 5.41) is 0. The zero-order valence-corrected chi connectivity index (χ0v) is 9.66. The van der Waals surface area contributed by atoms with Gasteiger partial charge in [-0.25, -0.2) is 0 Å². The van der Waals surface area contributed by atoms with Crippen molar-refractivity contribution in [2.45, 2.75) is 0 Å². The van der Waals surface area contributed by atoms with Gasteiger partial charge >= 0.3 is 90.3 Å². The molecule has 0 radical (unpaired) electrons. The van der Waals surface area contributed by atoms with Crippen molar-refractivity contribution in [2.75, 3.05) is 14.1 Å². The summed E-state index contributed by atoms with van der Waals surface area (Å²) in [6.07, 6.45) is 0. The van der Waals surface area contributed by atoms with E-state index < -0.39 is 0 Å². The van der Waals surface area contributed by atoms with Crippen molar-refractivity contribution in [1.82, 2.24) is 4.90 Å². The molecule has 0 aliphatic heterocycles. The van der Waals surface area contributed by atoms with Crippen molar-refractivity contribution in [1.29, 1.82) is 0 Å². The normalized spacial score (nSPS) is 9.67. The summed E-state index contributed by atoms with van der Waals surface area (Å²) < 4.78 is 1.25. The van der Waals surface area contributed by atoms with Gasteiger partial charge in [-0.15, -0.1) is 0 Å². The van der Waals surface area contributed by atoms with Gasteiger partial charge in [0, 0.05) is 0 Å². The standard InChI is InChI=1S/C9H10NO.Na/c1-10(2)9(11)8-6-4-3-5-7-8;/h3-4,6-7H,1-2H3;. The number of carbonyl (C=O) groups is 1. The van der Waals surface area contributed by atoms with Crippen LogP contribution in [0.1, 0.15) is 10.4 Å². The Bertz CT molecular complexity index is 296. The van der Waals surface area contributed by atoms with E-state index in [0.717, 1.165) is 33.5 Å². The summed E-state index contributed by atoms with van der Waals surface area (Å²) >= 11 is 0.993. The van der Waals surface area contributed by atoms with Gasteiger partial charge in [-0.05, 0) is 0 Å². The van der Waals surface area contributed by atoms with Gasteiger partial charge in [0.1, 0.15) is 0 Å². The molecule has 0 atom stereocenters. The Morgan fingerprint density at radius 1 is 1.42 bits per heavy atom. The van der Waals surface area contributed by atoms with Gasteiger partial charge in [0.05, 0.1) is 0 Å². The number of nitrogens with zero attached hydrogens (tertiary/aromatic N) is 1. The molecule has 0 spiro atoms. The van der Waals surface area contributed by atoms with E-state index in [1.807, 2.05) is 24.3 Å². The van der Waals surface area contributed by atoms with E-state index in [4.69, 9.17) is 0 Å². The van der Waals surface area contributed by atoms with E-state index in [9.17, 15) is 4.79 Å². The van der Waals surface area contributed by atoms with Gasteiger partial charge in [-0.1, -0.05) is 0 Å². The quantitative estimate of drug-likeness (QED) is 0.552. The molecule has 1 aromatic rings. The predicted molar refractivity (Wildman–Crippen MR) is 49.8 cm³/mol. The molecular formula is C9H10NNaO. The van der Waals surface area contributed by atoms with Crippen molar-refractivity contribution in [3.05, 3.63) is 29.8 Å². The fourth-order valence-electron chi connectivity index (χ4n) is 1.04. The number of carbonyl (C=O) groups excluding carboxylic acids is 1. The molecule has 1 rings (SSSR count). The summed E-state index contributed by atoms with van der Waals surface area (Å²) in [7, 11) is 3.53. The number of hydrogen-bond acceptors (Lipinski definition) is 1. The van der Waals surface area contributed by atoms with Crippen molar-refractivity contribution >= 4 is 36.7 Å². The minimum atomic E-state index is 0.0766. The zero-order valence-electron chi connectivity index (χ0n) is 7.66. The number of hydrogen-bond donors (Lipinski definition) is 0. The molecule has 0 saturated heterocycles. The van der Waals surface area contributed by atoms with E-state index >= 15 is 0 Å². The molecule has 0 heterocycles. The molecule has 0 bridgehead atoms. The third kappa shape index (κ3) is 2.34. The van der Waals surface area contributed by atoms with Crippen LogP contribution in [0.5, 0.6) is 0 Å². The van der Waals surface area contributed by atoms with Crippen LogP contribution in [0.4, 0.5) is 0 Å². The Morgan fingerprint density at radius 3 is 2.58 bits per heavy atom. The number of amides is 1. The van der Waals surface area contributed by atoms with Gasteiger partial charge in [-0.2, -0.15) is 0 Å². The Morgan fingerprint density at radius 2 is 2.08 bits per heavy atom. The topological polar surface area (TPSA) is 20.3 Å². The molecule has 0 aliphatic rings. The van der Waals surface area contributed by atoms with Gasteiger partial charge in [0.25, 0.3) is 0 Å². The molecule has 0 unspecified atom stereocenters. The number of benzene rings is 1.